The van der Waals surface area contributed by atoms with Crippen molar-refractivity contribution in [3.8, 4) is 11.1 Å². The maximum Gasteiger partial charge on any atom is 0.416 e. The van der Waals surface area contributed by atoms with Crippen LogP contribution in [0.5, 0.6) is 0 Å². The Bertz CT molecular complexity index is 1230. The molecule has 0 radical (unpaired) electrons. The molecule has 0 saturated carbocycles. The second kappa shape index (κ2) is 8.51. The van der Waals surface area contributed by atoms with Crippen LogP contribution in [-0.4, -0.2) is 27.6 Å². The molecule has 33 heavy (non-hydrogen) atoms. The van der Waals surface area contributed by atoms with E-state index in [0.29, 0.717) is 25.5 Å². The molecule has 2 aromatic heterocycles. The number of benzene rings is 2. The molecular weight excluding hydrogens is 447 g/mol. The van der Waals surface area contributed by atoms with Crippen LogP contribution in [0, 0.1) is 0 Å². The Kier molecular flexibility index (Phi) is 5.54. The SMILES string of the molecule is FC(F)(F)c1ccc(CC2(Cn3ccnc3)COC(c3ccc(-c4ccsc4)cc3)=N2)cc1. The predicted molar refractivity (Wildman–Crippen MR) is 122 cm³/mol. The maximum absolute atomic E-state index is 13.0. The highest BCUT2D eigenvalue weighted by Crippen LogP contribution is 2.32. The number of rotatable bonds is 6. The zero-order valence-corrected chi connectivity index (χ0v) is 18.3. The van der Waals surface area contributed by atoms with Crippen molar-refractivity contribution in [2.45, 2.75) is 24.7 Å². The molecule has 0 saturated heterocycles. The molecule has 0 spiro atoms. The second-order valence-electron chi connectivity index (χ2n) is 8.13. The van der Waals surface area contributed by atoms with E-state index < -0.39 is 17.3 Å². The molecule has 1 aliphatic heterocycles. The van der Waals surface area contributed by atoms with Gasteiger partial charge in [-0.1, -0.05) is 24.3 Å². The smallest absolute Gasteiger partial charge is 0.416 e. The van der Waals surface area contributed by atoms with Crippen molar-refractivity contribution in [2.75, 3.05) is 6.61 Å². The van der Waals surface area contributed by atoms with Gasteiger partial charge >= 0.3 is 6.18 Å². The van der Waals surface area contributed by atoms with Gasteiger partial charge in [0.05, 0.1) is 18.4 Å². The quantitative estimate of drug-likeness (QED) is 0.344. The van der Waals surface area contributed by atoms with E-state index in [9.17, 15) is 13.2 Å². The number of ether oxygens (including phenoxy) is 1. The standard InChI is InChI=1S/C25H20F3N3OS/c26-25(27,28)22-7-1-18(2-8-22)13-24(15-31-11-10-29-17-31)16-32-23(30-24)20-5-3-19(4-6-20)21-9-12-33-14-21/h1-12,14,17H,13,15-16H2. The van der Waals surface area contributed by atoms with E-state index >= 15 is 0 Å². The number of hydrogen-bond donors (Lipinski definition) is 0. The summed E-state index contributed by atoms with van der Waals surface area (Å²) in [5.74, 6) is 0.541. The van der Waals surface area contributed by atoms with Crippen LogP contribution in [0.15, 0.2) is 89.1 Å². The van der Waals surface area contributed by atoms with Crippen LogP contribution in [0.1, 0.15) is 16.7 Å². The van der Waals surface area contributed by atoms with E-state index in [0.717, 1.165) is 34.4 Å². The third kappa shape index (κ3) is 4.71. The summed E-state index contributed by atoms with van der Waals surface area (Å²) in [5, 5.41) is 4.14. The van der Waals surface area contributed by atoms with Gasteiger partial charge in [-0.2, -0.15) is 24.5 Å². The molecule has 8 heteroatoms. The maximum atomic E-state index is 13.0. The average Bonchev–Trinajstić information content (AvgIpc) is 3.57. The average molecular weight is 468 g/mol. The first-order valence-corrected chi connectivity index (χ1v) is 11.3. The van der Waals surface area contributed by atoms with E-state index in [2.05, 4.69) is 16.4 Å². The van der Waals surface area contributed by atoms with Gasteiger partial charge in [0.2, 0.25) is 5.90 Å². The van der Waals surface area contributed by atoms with Gasteiger partial charge < -0.3 is 9.30 Å². The minimum absolute atomic E-state index is 0.327. The number of aromatic nitrogens is 2. The Hall–Kier alpha value is -3.39. The van der Waals surface area contributed by atoms with Gasteiger partial charge in [-0.3, -0.25) is 0 Å². The van der Waals surface area contributed by atoms with Crippen molar-refractivity contribution in [3.05, 3.63) is 101 Å². The number of alkyl halides is 3. The predicted octanol–water partition coefficient (Wildman–Crippen LogP) is 6.09. The molecule has 4 aromatic rings. The lowest BCUT2D eigenvalue weighted by Crippen LogP contribution is -2.36. The number of hydrogen-bond acceptors (Lipinski definition) is 4. The Balaban J connectivity index is 1.43. The van der Waals surface area contributed by atoms with Crippen molar-refractivity contribution in [3.63, 3.8) is 0 Å². The summed E-state index contributed by atoms with van der Waals surface area (Å²) in [5.41, 5.74) is 2.61. The van der Waals surface area contributed by atoms with Gasteiger partial charge in [-0.25, -0.2) is 9.98 Å². The summed E-state index contributed by atoms with van der Waals surface area (Å²) >= 11 is 1.65. The van der Waals surface area contributed by atoms with Crippen molar-refractivity contribution in [2.24, 2.45) is 4.99 Å². The molecule has 0 N–H and O–H groups in total. The molecule has 0 fully saturated rings. The zero-order valence-electron chi connectivity index (χ0n) is 17.5. The van der Waals surface area contributed by atoms with Crippen LogP contribution in [0.25, 0.3) is 11.1 Å². The van der Waals surface area contributed by atoms with E-state index in [-0.39, 0.29) is 0 Å². The number of thiophene rings is 1. The Labute approximate surface area is 193 Å². The molecule has 0 bridgehead atoms. The topological polar surface area (TPSA) is 39.4 Å². The molecule has 1 atom stereocenters. The Morgan fingerprint density at radius 3 is 2.36 bits per heavy atom. The van der Waals surface area contributed by atoms with Crippen LogP contribution >= 0.6 is 11.3 Å². The normalized spacial score (nSPS) is 18.2. The molecule has 1 aliphatic rings. The highest BCUT2D eigenvalue weighted by molar-refractivity contribution is 7.08. The van der Waals surface area contributed by atoms with Crippen molar-refractivity contribution < 1.29 is 17.9 Å². The fraction of sp³-hybridized carbons (Fsp3) is 0.200. The van der Waals surface area contributed by atoms with Gasteiger partial charge in [0.1, 0.15) is 12.1 Å². The third-order valence-corrected chi connectivity index (χ3v) is 6.34. The molecule has 168 valence electrons. The van der Waals surface area contributed by atoms with Gasteiger partial charge in [0, 0.05) is 24.4 Å². The van der Waals surface area contributed by atoms with E-state index in [1.165, 1.54) is 12.1 Å². The second-order valence-corrected chi connectivity index (χ2v) is 8.91. The van der Waals surface area contributed by atoms with Crippen LogP contribution in [-0.2, 0) is 23.9 Å². The Morgan fingerprint density at radius 2 is 1.73 bits per heavy atom. The first kappa shape index (κ1) is 21.5. The number of halogens is 3. The summed E-state index contributed by atoms with van der Waals surface area (Å²) in [6.45, 7) is 0.832. The molecule has 2 aromatic carbocycles. The van der Waals surface area contributed by atoms with Crippen molar-refractivity contribution in [1.82, 2.24) is 9.55 Å². The third-order valence-electron chi connectivity index (χ3n) is 5.65. The van der Waals surface area contributed by atoms with Gasteiger partial charge in [-0.05, 0) is 57.8 Å². The fourth-order valence-corrected chi connectivity index (χ4v) is 4.67. The first-order chi connectivity index (χ1) is 15.9. The van der Waals surface area contributed by atoms with Crippen molar-refractivity contribution in [1.29, 1.82) is 0 Å². The fourth-order valence-electron chi connectivity index (χ4n) is 4.00. The monoisotopic (exact) mass is 467 g/mol. The Morgan fingerprint density at radius 1 is 0.970 bits per heavy atom. The van der Waals surface area contributed by atoms with Crippen LogP contribution in [0.3, 0.4) is 0 Å². The minimum Gasteiger partial charge on any atom is -0.475 e. The van der Waals surface area contributed by atoms with Crippen LogP contribution < -0.4 is 0 Å². The lowest BCUT2D eigenvalue weighted by molar-refractivity contribution is -0.137. The zero-order chi connectivity index (χ0) is 22.9. The summed E-state index contributed by atoms with van der Waals surface area (Å²) in [7, 11) is 0. The summed E-state index contributed by atoms with van der Waals surface area (Å²) < 4.78 is 46.8. The van der Waals surface area contributed by atoms with Gasteiger partial charge in [0.15, 0.2) is 0 Å². The van der Waals surface area contributed by atoms with Crippen LogP contribution in [0.2, 0.25) is 0 Å². The van der Waals surface area contributed by atoms with E-state index in [4.69, 9.17) is 9.73 Å². The molecule has 0 aliphatic carbocycles. The van der Waals surface area contributed by atoms with E-state index in [1.807, 2.05) is 40.4 Å². The van der Waals surface area contributed by atoms with Crippen molar-refractivity contribution >= 4 is 17.2 Å². The molecule has 0 amide bonds. The summed E-state index contributed by atoms with van der Waals surface area (Å²) in [6.07, 6.45) is 1.33. The first-order valence-electron chi connectivity index (χ1n) is 10.4. The molecular formula is C25H20F3N3OS. The van der Waals surface area contributed by atoms with Gasteiger partial charge in [0.25, 0.3) is 0 Å². The molecule has 4 nitrogen and oxygen atoms in total. The highest BCUT2D eigenvalue weighted by Gasteiger charge is 2.38. The molecule has 5 rings (SSSR count). The molecule has 3 heterocycles. The number of aliphatic imine (C=N–C) groups is 1. The summed E-state index contributed by atoms with van der Waals surface area (Å²) in [6, 6.07) is 15.4. The number of imidazole rings is 1. The van der Waals surface area contributed by atoms with Crippen LogP contribution in [0.4, 0.5) is 13.2 Å². The minimum atomic E-state index is -4.36. The van der Waals surface area contributed by atoms with E-state index in [1.54, 1.807) is 23.9 Å². The largest absolute Gasteiger partial charge is 0.475 e. The highest BCUT2D eigenvalue weighted by atomic mass is 32.1. The lowest BCUT2D eigenvalue weighted by atomic mass is 9.91. The summed E-state index contributed by atoms with van der Waals surface area (Å²) in [4.78, 5) is 9.05. The van der Waals surface area contributed by atoms with Gasteiger partial charge in [-0.15, -0.1) is 0 Å². The number of nitrogens with zero attached hydrogens (tertiary/aromatic N) is 3. The molecule has 1 unspecified atom stereocenters. The lowest BCUT2D eigenvalue weighted by Gasteiger charge is -2.25.